The molecule has 4 nitrogen and oxygen atoms in total. The first-order valence-electron chi connectivity index (χ1n) is 8.21. The van der Waals surface area contributed by atoms with Crippen LogP contribution in [0, 0.1) is 5.92 Å². The molecule has 1 fully saturated rings. The predicted octanol–water partition coefficient (Wildman–Crippen LogP) is 2.91. The minimum Gasteiger partial charge on any atom is -0.354 e. The molecule has 1 aliphatic rings. The number of nitrogens with zero attached hydrogens (tertiary/aromatic N) is 1. The average molecular weight is 302 g/mol. The summed E-state index contributed by atoms with van der Waals surface area (Å²) in [5.74, 6) is -0.231. The number of rotatable bonds is 6. The van der Waals surface area contributed by atoms with E-state index in [1.165, 1.54) is 18.4 Å². The summed E-state index contributed by atoms with van der Waals surface area (Å²) in [5.41, 5.74) is 2.19. The fraction of sp³-hybridized carbons (Fsp3) is 0.556. The lowest BCUT2D eigenvalue weighted by Crippen LogP contribution is -2.36. The normalized spacial score (nSPS) is 18.1. The van der Waals surface area contributed by atoms with Crippen LogP contribution in [0.1, 0.15) is 45.6 Å². The van der Waals surface area contributed by atoms with Gasteiger partial charge in [-0.05, 0) is 44.4 Å². The first-order chi connectivity index (χ1) is 10.5. The van der Waals surface area contributed by atoms with E-state index in [-0.39, 0.29) is 23.8 Å². The van der Waals surface area contributed by atoms with E-state index < -0.39 is 0 Å². The lowest BCUT2D eigenvalue weighted by Gasteiger charge is -2.17. The number of unbranched alkanes of at least 4 members (excludes halogenated alkanes) is 1. The van der Waals surface area contributed by atoms with Crippen molar-refractivity contribution in [3.63, 3.8) is 0 Å². The van der Waals surface area contributed by atoms with Crippen LogP contribution in [-0.4, -0.2) is 24.4 Å². The maximum Gasteiger partial charge on any atom is 0.227 e. The summed E-state index contributed by atoms with van der Waals surface area (Å²) >= 11 is 0. The van der Waals surface area contributed by atoms with Gasteiger partial charge in [0.25, 0.3) is 0 Å². The third-order valence-electron chi connectivity index (χ3n) is 3.99. The fourth-order valence-electron chi connectivity index (χ4n) is 2.76. The Kier molecular flexibility index (Phi) is 5.58. The summed E-state index contributed by atoms with van der Waals surface area (Å²) in [4.78, 5) is 26.0. The number of amides is 2. The minimum absolute atomic E-state index is 0.0228. The van der Waals surface area contributed by atoms with Gasteiger partial charge in [0.1, 0.15) is 0 Å². The largest absolute Gasteiger partial charge is 0.354 e. The van der Waals surface area contributed by atoms with Gasteiger partial charge in [0.2, 0.25) is 11.8 Å². The lowest BCUT2D eigenvalue weighted by molar-refractivity contribution is -0.126. The van der Waals surface area contributed by atoms with Gasteiger partial charge in [0.15, 0.2) is 0 Å². The van der Waals surface area contributed by atoms with Crippen molar-refractivity contribution >= 4 is 17.5 Å². The molecule has 2 amide bonds. The molecule has 1 aromatic rings. The zero-order valence-electron chi connectivity index (χ0n) is 13.8. The Morgan fingerprint density at radius 3 is 2.59 bits per heavy atom. The van der Waals surface area contributed by atoms with Crippen molar-refractivity contribution < 1.29 is 9.59 Å². The highest BCUT2D eigenvalue weighted by molar-refractivity contribution is 6.00. The first kappa shape index (κ1) is 16.5. The van der Waals surface area contributed by atoms with Gasteiger partial charge in [-0.15, -0.1) is 0 Å². The van der Waals surface area contributed by atoms with Crippen LogP contribution in [0.3, 0.4) is 0 Å². The molecule has 1 aromatic carbocycles. The fourth-order valence-corrected chi connectivity index (χ4v) is 2.76. The molecule has 0 unspecified atom stereocenters. The van der Waals surface area contributed by atoms with Crippen molar-refractivity contribution in [2.75, 3.05) is 11.4 Å². The van der Waals surface area contributed by atoms with Crippen molar-refractivity contribution in [2.45, 2.75) is 52.5 Å². The molecule has 0 aliphatic carbocycles. The van der Waals surface area contributed by atoms with Gasteiger partial charge in [-0.3, -0.25) is 9.59 Å². The summed E-state index contributed by atoms with van der Waals surface area (Å²) in [5, 5.41) is 2.89. The number of anilines is 1. The molecule has 2 rings (SSSR count). The Hall–Kier alpha value is -1.84. The Bertz CT molecular complexity index is 522. The van der Waals surface area contributed by atoms with E-state index in [9.17, 15) is 9.59 Å². The van der Waals surface area contributed by atoms with E-state index in [4.69, 9.17) is 0 Å². The molecule has 0 spiro atoms. The average Bonchev–Trinajstić information content (AvgIpc) is 2.87. The molecule has 1 heterocycles. The molecule has 0 bridgehead atoms. The molecular formula is C18H26N2O2. The number of carbonyl (C=O) groups is 2. The molecule has 0 saturated carbocycles. The van der Waals surface area contributed by atoms with E-state index in [0.29, 0.717) is 13.0 Å². The summed E-state index contributed by atoms with van der Waals surface area (Å²) in [7, 11) is 0. The third kappa shape index (κ3) is 4.09. The second kappa shape index (κ2) is 7.43. The quantitative estimate of drug-likeness (QED) is 0.878. The summed E-state index contributed by atoms with van der Waals surface area (Å²) < 4.78 is 0. The Labute approximate surface area is 132 Å². The van der Waals surface area contributed by atoms with Crippen molar-refractivity contribution in [1.82, 2.24) is 5.32 Å². The SMILES string of the molecule is CCCCc1ccc(N2C[C@H](C(=O)NC(C)C)CC2=O)cc1. The predicted molar refractivity (Wildman–Crippen MR) is 88.8 cm³/mol. The number of hydrogen-bond donors (Lipinski definition) is 1. The molecule has 1 atom stereocenters. The molecule has 0 radical (unpaired) electrons. The van der Waals surface area contributed by atoms with Gasteiger partial charge in [0, 0.05) is 24.7 Å². The lowest BCUT2D eigenvalue weighted by atomic mass is 10.1. The minimum atomic E-state index is -0.241. The second-order valence-electron chi connectivity index (χ2n) is 6.34. The van der Waals surface area contributed by atoms with Crippen LogP contribution < -0.4 is 10.2 Å². The van der Waals surface area contributed by atoms with Crippen molar-refractivity contribution in [1.29, 1.82) is 0 Å². The van der Waals surface area contributed by atoms with E-state index >= 15 is 0 Å². The molecular weight excluding hydrogens is 276 g/mol. The van der Waals surface area contributed by atoms with Gasteiger partial charge in [0.05, 0.1) is 5.92 Å². The van der Waals surface area contributed by atoms with E-state index in [1.54, 1.807) is 4.90 Å². The van der Waals surface area contributed by atoms with Gasteiger partial charge >= 0.3 is 0 Å². The monoisotopic (exact) mass is 302 g/mol. The zero-order chi connectivity index (χ0) is 16.1. The van der Waals surface area contributed by atoms with Crippen LogP contribution in [-0.2, 0) is 16.0 Å². The molecule has 1 aliphatic heterocycles. The van der Waals surface area contributed by atoms with E-state index in [0.717, 1.165) is 12.1 Å². The molecule has 1 saturated heterocycles. The molecule has 120 valence electrons. The summed E-state index contributed by atoms with van der Waals surface area (Å²) in [6.45, 7) is 6.52. The van der Waals surface area contributed by atoms with Gasteiger partial charge in [-0.2, -0.15) is 0 Å². The van der Waals surface area contributed by atoms with Crippen molar-refractivity contribution in [2.24, 2.45) is 5.92 Å². The van der Waals surface area contributed by atoms with E-state index in [2.05, 4.69) is 24.4 Å². The van der Waals surface area contributed by atoms with Gasteiger partial charge < -0.3 is 10.2 Å². The van der Waals surface area contributed by atoms with Crippen LogP contribution in [0.2, 0.25) is 0 Å². The van der Waals surface area contributed by atoms with Crippen LogP contribution in [0.25, 0.3) is 0 Å². The highest BCUT2D eigenvalue weighted by Gasteiger charge is 2.35. The first-order valence-corrected chi connectivity index (χ1v) is 8.21. The molecule has 22 heavy (non-hydrogen) atoms. The van der Waals surface area contributed by atoms with Crippen LogP contribution in [0.5, 0.6) is 0 Å². The Balaban J connectivity index is 2.00. The Morgan fingerprint density at radius 1 is 1.32 bits per heavy atom. The second-order valence-corrected chi connectivity index (χ2v) is 6.34. The maximum absolute atomic E-state index is 12.2. The number of benzene rings is 1. The molecule has 0 aromatic heterocycles. The van der Waals surface area contributed by atoms with Crippen LogP contribution in [0.4, 0.5) is 5.69 Å². The topological polar surface area (TPSA) is 49.4 Å². The smallest absolute Gasteiger partial charge is 0.227 e. The number of aryl methyl sites for hydroxylation is 1. The number of nitrogens with one attached hydrogen (secondary N) is 1. The zero-order valence-corrected chi connectivity index (χ0v) is 13.8. The Morgan fingerprint density at radius 2 is 2.00 bits per heavy atom. The summed E-state index contributed by atoms with van der Waals surface area (Å²) in [6, 6.07) is 8.26. The summed E-state index contributed by atoms with van der Waals surface area (Å²) in [6.07, 6.45) is 3.73. The maximum atomic E-state index is 12.2. The highest BCUT2D eigenvalue weighted by Crippen LogP contribution is 2.25. The van der Waals surface area contributed by atoms with Gasteiger partial charge in [-0.25, -0.2) is 0 Å². The molecule has 1 N–H and O–H groups in total. The van der Waals surface area contributed by atoms with Crippen LogP contribution >= 0.6 is 0 Å². The third-order valence-corrected chi connectivity index (χ3v) is 3.99. The van der Waals surface area contributed by atoms with Crippen molar-refractivity contribution in [3.8, 4) is 0 Å². The number of carbonyl (C=O) groups excluding carboxylic acids is 2. The standard InChI is InChI=1S/C18H26N2O2/c1-4-5-6-14-7-9-16(10-8-14)20-12-15(11-17(20)21)18(22)19-13(2)3/h7-10,13,15H,4-6,11-12H2,1-3H3,(H,19,22)/t15-/m1/s1. The van der Waals surface area contributed by atoms with Crippen molar-refractivity contribution in [3.05, 3.63) is 29.8 Å². The van der Waals surface area contributed by atoms with Gasteiger partial charge in [-0.1, -0.05) is 25.5 Å². The number of hydrogen-bond acceptors (Lipinski definition) is 2. The van der Waals surface area contributed by atoms with Crippen LogP contribution in [0.15, 0.2) is 24.3 Å². The van der Waals surface area contributed by atoms with E-state index in [1.807, 2.05) is 26.0 Å². The molecule has 4 heteroatoms. The highest BCUT2D eigenvalue weighted by atomic mass is 16.2.